The first kappa shape index (κ1) is 14.8. The molecule has 1 fully saturated rings. The molecule has 116 valence electrons. The molecule has 0 aromatic carbocycles. The Morgan fingerprint density at radius 3 is 2.82 bits per heavy atom. The number of carbonyl (C=O) groups excluding carboxylic acids is 2. The number of furan rings is 1. The highest BCUT2D eigenvalue weighted by molar-refractivity contribution is 9.10. The Hall–Kier alpha value is -2.16. The molecule has 0 saturated carbocycles. The van der Waals surface area contributed by atoms with Crippen LogP contribution in [0.15, 0.2) is 25.6 Å². The number of rotatable bonds is 5. The summed E-state index contributed by atoms with van der Waals surface area (Å²) in [4.78, 5) is 25.0. The molecule has 1 atom stereocenters. The summed E-state index contributed by atoms with van der Waals surface area (Å²) < 4.78 is 11.3. The lowest BCUT2D eigenvalue weighted by Gasteiger charge is -2.09. The van der Waals surface area contributed by atoms with Gasteiger partial charge in [-0.2, -0.15) is 0 Å². The van der Waals surface area contributed by atoms with E-state index >= 15 is 0 Å². The van der Waals surface area contributed by atoms with Gasteiger partial charge in [0.15, 0.2) is 10.4 Å². The number of imide groups is 1. The van der Waals surface area contributed by atoms with Gasteiger partial charge in [-0.15, -0.1) is 10.2 Å². The molecule has 0 aliphatic carbocycles. The average Bonchev–Trinajstić information content (AvgIpc) is 3.17. The highest BCUT2D eigenvalue weighted by Crippen LogP contribution is 2.24. The normalized spacial score (nSPS) is 18.1. The number of nitrogens with zero attached hydrogens (tertiary/aromatic N) is 3. The fourth-order valence-corrected chi connectivity index (χ4v) is 2.50. The molecule has 8 nitrogen and oxygen atoms in total. The summed E-state index contributed by atoms with van der Waals surface area (Å²) in [5.41, 5.74) is 0. The zero-order valence-corrected chi connectivity index (χ0v) is 13.3. The summed E-state index contributed by atoms with van der Waals surface area (Å²) in [6.07, 6.45) is 1.42. The highest BCUT2D eigenvalue weighted by atomic mass is 79.9. The minimum atomic E-state index is -0.471. The predicted octanol–water partition coefficient (Wildman–Crippen LogP) is 2.31. The van der Waals surface area contributed by atoms with Crippen molar-refractivity contribution in [2.24, 2.45) is 0 Å². The molecule has 1 N–H and O–H groups in total. The Morgan fingerprint density at radius 2 is 2.14 bits per heavy atom. The van der Waals surface area contributed by atoms with Gasteiger partial charge < -0.3 is 14.2 Å². The van der Waals surface area contributed by atoms with E-state index in [0.717, 1.165) is 11.3 Å². The van der Waals surface area contributed by atoms with Crippen LogP contribution >= 0.6 is 15.9 Å². The van der Waals surface area contributed by atoms with Crippen LogP contribution in [-0.4, -0.2) is 33.1 Å². The van der Waals surface area contributed by atoms with Crippen LogP contribution in [-0.2, 0) is 11.3 Å². The molecule has 0 radical (unpaired) electrons. The maximum Gasteiger partial charge on any atom is 0.325 e. The quantitative estimate of drug-likeness (QED) is 0.812. The number of urea groups is 1. The first-order chi connectivity index (χ1) is 10.6. The average molecular weight is 369 g/mol. The van der Waals surface area contributed by atoms with Crippen molar-refractivity contribution in [2.75, 3.05) is 0 Å². The van der Waals surface area contributed by atoms with Gasteiger partial charge >= 0.3 is 6.03 Å². The Kier molecular flexibility index (Phi) is 3.97. The lowest BCUT2D eigenvalue weighted by Crippen LogP contribution is -2.31. The number of hydrogen-bond donors (Lipinski definition) is 1. The Bertz CT molecular complexity index is 710. The smallest absolute Gasteiger partial charge is 0.325 e. The van der Waals surface area contributed by atoms with Crippen LogP contribution in [0.2, 0.25) is 0 Å². The summed E-state index contributed by atoms with van der Waals surface area (Å²) in [6.45, 7) is 1.90. The summed E-state index contributed by atoms with van der Waals surface area (Å²) in [6, 6.07) is 2.46. The van der Waals surface area contributed by atoms with Gasteiger partial charge in [0.2, 0.25) is 5.89 Å². The maximum absolute atomic E-state index is 12.1. The number of carbonyl (C=O) groups is 2. The van der Waals surface area contributed by atoms with Crippen molar-refractivity contribution in [2.45, 2.75) is 32.4 Å². The Labute approximate surface area is 134 Å². The maximum atomic E-state index is 12.1. The van der Waals surface area contributed by atoms with E-state index in [4.69, 9.17) is 8.83 Å². The molecular weight excluding hydrogens is 356 g/mol. The van der Waals surface area contributed by atoms with Gasteiger partial charge in [0.05, 0.1) is 0 Å². The second-order valence-corrected chi connectivity index (χ2v) is 5.60. The fourth-order valence-electron chi connectivity index (χ4n) is 2.19. The highest BCUT2D eigenvalue weighted by Gasteiger charge is 2.38. The van der Waals surface area contributed by atoms with Gasteiger partial charge in [0.1, 0.15) is 12.6 Å². The summed E-state index contributed by atoms with van der Waals surface area (Å²) >= 11 is 3.18. The van der Waals surface area contributed by atoms with Crippen LogP contribution in [0.4, 0.5) is 4.79 Å². The molecular formula is C13H13BrN4O4. The lowest BCUT2D eigenvalue weighted by atomic mass is 10.2. The van der Waals surface area contributed by atoms with Crippen LogP contribution in [0.3, 0.4) is 0 Å². The van der Waals surface area contributed by atoms with E-state index in [1.807, 2.05) is 6.92 Å². The molecule has 3 heterocycles. The van der Waals surface area contributed by atoms with Crippen molar-refractivity contribution < 1.29 is 18.4 Å². The molecule has 0 unspecified atom stereocenters. The third-order valence-corrected chi connectivity index (χ3v) is 3.65. The van der Waals surface area contributed by atoms with E-state index in [1.54, 1.807) is 12.1 Å². The topological polar surface area (TPSA) is 101 Å². The Balaban J connectivity index is 1.73. The first-order valence-corrected chi connectivity index (χ1v) is 7.57. The van der Waals surface area contributed by atoms with Crippen molar-refractivity contribution in [1.29, 1.82) is 0 Å². The standard InChI is InChI=1S/C13H13BrN4O4/c1-2-3-7-12(19)18(13(20)15-7)6-10-16-17-11(22-10)8-4-5-9(14)21-8/h4-5,7H,2-3,6H2,1H3,(H,15,20)/t7-/m1/s1. The number of aromatic nitrogens is 2. The van der Waals surface area contributed by atoms with Crippen LogP contribution < -0.4 is 5.32 Å². The molecule has 3 rings (SSSR count). The van der Waals surface area contributed by atoms with E-state index in [0.29, 0.717) is 16.9 Å². The molecule has 0 bridgehead atoms. The first-order valence-electron chi connectivity index (χ1n) is 6.78. The van der Waals surface area contributed by atoms with E-state index in [2.05, 4.69) is 31.4 Å². The van der Waals surface area contributed by atoms with Gasteiger partial charge in [-0.25, -0.2) is 4.79 Å². The van der Waals surface area contributed by atoms with Crippen molar-refractivity contribution in [3.05, 3.63) is 22.7 Å². The van der Waals surface area contributed by atoms with Crippen LogP contribution in [0, 0.1) is 0 Å². The van der Waals surface area contributed by atoms with Crippen molar-refractivity contribution in [1.82, 2.24) is 20.4 Å². The largest absolute Gasteiger partial charge is 0.444 e. The summed E-state index contributed by atoms with van der Waals surface area (Å²) in [7, 11) is 0. The van der Waals surface area contributed by atoms with Gasteiger partial charge in [0.25, 0.3) is 11.8 Å². The van der Waals surface area contributed by atoms with E-state index < -0.39 is 12.1 Å². The molecule has 0 spiro atoms. The minimum Gasteiger partial charge on any atom is -0.444 e. The number of nitrogens with one attached hydrogen (secondary N) is 1. The van der Waals surface area contributed by atoms with E-state index in [-0.39, 0.29) is 24.2 Å². The zero-order valence-electron chi connectivity index (χ0n) is 11.7. The van der Waals surface area contributed by atoms with Gasteiger partial charge in [-0.1, -0.05) is 13.3 Å². The second kappa shape index (κ2) is 5.91. The van der Waals surface area contributed by atoms with Crippen LogP contribution in [0.5, 0.6) is 0 Å². The Morgan fingerprint density at radius 1 is 1.32 bits per heavy atom. The fraction of sp³-hybridized carbons (Fsp3) is 0.385. The van der Waals surface area contributed by atoms with Crippen LogP contribution in [0.1, 0.15) is 25.7 Å². The predicted molar refractivity (Wildman–Crippen MR) is 77.5 cm³/mol. The van der Waals surface area contributed by atoms with E-state index in [1.165, 1.54) is 0 Å². The monoisotopic (exact) mass is 368 g/mol. The molecule has 22 heavy (non-hydrogen) atoms. The van der Waals surface area contributed by atoms with Gasteiger partial charge in [-0.3, -0.25) is 9.69 Å². The van der Waals surface area contributed by atoms with Crippen molar-refractivity contribution in [3.8, 4) is 11.7 Å². The SMILES string of the molecule is CCC[C@H]1NC(=O)N(Cc2nnc(-c3ccc(Br)o3)o2)C1=O. The number of halogens is 1. The van der Waals surface area contributed by atoms with E-state index in [9.17, 15) is 9.59 Å². The lowest BCUT2D eigenvalue weighted by molar-refractivity contribution is -0.128. The number of hydrogen-bond acceptors (Lipinski definition) is 6. The van der Waals surface area contributed by atoms with Gasteiger partial charge in [0, 0.05) is 0 Å². The molecule has 2 aromatic heterocycles. The molecule has 9 heteroatoms. The molecule has 2 aromatic rings. The zero-order chi connectivity index (χ0) is 15.7. The molecule has 1 aliphatic rings. The third kappa shape index (κ3) is 2.76. The van der Waals surface area contributed by atoms with Gasteiger partial charge in [-0.05, 0) is 34.5 Å². The summed E-state index contributed by atoms with van der Waals surface area (Å²) in [5, 5.41) is 10.3. The minimum absolute atomic E-state index is 0.0558. The van der Waals surface area contributed by atoms with Crippen molar-refractivity contribution in [3.63, 3.8) is 0 Å². The molecule has 3 amide bonds. The second-order valence-electron chi connectivity index (χ2n) is 4.82. The van der Waals surface area contributed by atoms with Crippen molar-refractivity contribution >= 4 is 27.9 Å². The number of amides is 3. The molecule has 1 aliphatic heterocycles. The third-order valence-electron chi connectivity index (χ3n) is 3.23. The van der Waals surface area contributed by atoms with Crippen LogP contribution in [0.25, 0.3) is 11.7 Å². The molecule has 1 saturated heterocycles. The summed E-state index contributed by atoms with van der Waals surface area (Å²) in [5.74, 6) is 0.500.